The molecule has 0 fully saturated rings. The van der Waals surface area contributed by atoms with E-state index in [-0.39, 0.29) is 17.6 Å². The second kappa shape index (κ2) is 5.26. The maximum Gasteiger partial charge on any atom is 0.0947 e. The second-order valence-electron chi connectivity index (χ2n) is 6.96. The van der Waals surface area contributed by atoms with Crippen molar-refractivity contribution < 1.29 is 5.11 Å². The minimum absolute atomic E-state index is 0.226. The van der Waals surface area contributed by atoms with Crippen molar-refractivity contribution in [1.29, 1.82) is 0 Å². The lowest BCUT2D eigenvalue weighted by molar-refractivity contribution is 0.00459. The summed E-state index contributed by atoms with van der Waals surface area (Å²) in [7, 11) is 2.15. The van der Waals surface area contributed by atoms with E-state index in [0.29, 0.717) is 6.04 Å². The normalized spacial score (nSPS) is 25.2. The Labute approximate surface area is 117 Å². The molecular weight excluding hydrogens is 234 g/mol. The summed E-state index contributed by atoms with van der Waals surface area (Å²) in [6.45, 7) is 9.04. The monoisotopic (exact) mass is 261 g/mol. The van der Waals surface area contributed by atoms with Gasteiger partial charge in [-0.25, -0.2) is 0 Å². The van der Waals surface area contributed by atoms with Crippen LogP contribution in [0.15, 0.2) is 24.3 Å². The van der Waals surface area contributed by atoms with Crippen molar-refractivity contribution in [3.63, 3.8) is 0 Å². The zero-order valence-corrected chi connectivity index (χ0v) is 12.9. The number of benzene rings is 1. The molecule has 1 aliphatic carbocycles. The van der Waals surface area contributed by atoms with Crippen LogP contribution in [0, 0.1) is 5.41 Å². The zero-order valence-electron chi connectivity index (χ0n) is 12.9. The number of aliphatic hydroxyl groups excluding tert-OH is 1. The fraction of sp³-hybridized carbons (Fsp3) is 0.647. The summed E-state index contributed by atoms with van der Waals surface area (Å²) < 4.78 is 0. The van der Waals surface area contributed by atoms with Crippen molar-refractivity contribution in [2.75, 3.05) is 7.05 Å². The third kappa shape index (κ3) is 2.85. The average molecular weight is 261 g/mol. The predicted molar refractivity (Wildman–Crippen MR) is 80.2 cm³/mol. The Bertz CT molecular complexity index is 435. The number of hydrogen-bond acceptors (Lipinski definition) is 2. The fourth-order valence-corrected chi connectivity index (χ4v) is 3.04. The highest BCUT2D eigenvalue weighted by atomic mass is 16.3. The van der Waals surface area contributed by atoms with E-state index >= 15 is 0 Å². The van der Waals surface area contributed by atoms with Gasteiger partial charge in [0.1, 0.15) is 0 Å². The van der Waals surface area contributed by atoms with Crippen molar-refractivity contribution >= 4 is 0 Å². The van der Waals surface area contributed by atoms with Crippen LogP contribution in [0.25, 0.3) is 0 Å². The Morgan fingerprint density at radius 3 is 2.53 bits per heavy atom. The minimum Gasteiger partial charge on any atom is -0.387 e. The Morgan fingerprint density at radius 2 is 1.89 bits per heavy atom. The van der Waals surface area contributed by atoms with Crippen LogP contribution in [0.1, 0.15) is 51.3 Å². The molecule has 3 atom stereocenters. The highest BCUT2D eigenvalue weighted by molar-refractivity contribution is 5.32. The van der Waals surface area contributed by atoms with Gasteiger partial charge in [0.05, 0.1) is 6.10 Å². The molecule has 0 bridgehead atoms. The highest BCUT2D eigenvalue weighted by Gasteiger charge is 2.35. The van der Waals surface area contributed by atoms with E-state index in [1.54, 1.807) is 0 Å². The van der Waals surface area contributed by atoms with Crippen LogP contribution < -0.4 is 0 Å². The van der Waals surface area contributed by atoms with E-state index in [2.05, 4.69) is 57.8 Å². The Balaban J connectivity index is 2.20. The molecule has 0 saturated carbocycles. The van der Waals surface area contributed by atoms with E-state index in [0.717, 1.165) is 18.4 Å². The van der Waals surface area contributed by atoms with E-state index in [1.165, 1.54) is 5.56 Å². The second-order valence-corrected chi connectivity index (χ2v) is 6.96. The number of nitrogens with zero attached hydrogens (tertiary/aromatic N) is 1. The van der Waals surface area contributed by atoms with E-state index in [1.807, 2.05) is 6.07 Å². The smallest absolute Gasteiger partial charge is 0.0947 e. The molecule has 0 saturated heterocycles. The topological polar surface area (TPSA) is 23.5 Å². The molecule has 1 N–H and O–H groups in total. The van der Waals surface area contributed by atoms with Crippen LogP contribution in [-0.4, -0.2) is 29.1 Å². The number of aliphatic hydroxyl groups is 1. The SMILES string of the molecule is CC(N(C)C1CCc2ccccc2C1O)C(C)(C)C. The van der Waals surface area contributed by atoms with Crippen LogP contribution in [0.5, 0.6) is 0 Å². The first-order chi connectivity index (χ1) is 8.82. The standard InChI is InChI=1S/C17H27NO/c1-12(17(2,3)4)18(5)15-11-10-13-8-6-7-9-14(13)16(15)19/h6-9,12,15-16,19H,10-11H2,1-5H3. The van der Waals surface area contributed by atoms with Gasteiger partial charge >= 0.3 is 0 Å². The lowest BCUT2D eigenvalue weighted by atomic mass is 9.81. The van der Waals surface area contributed by atoms with Gasteiger partial charge in [0.25, 0.3) is 0 Å². The van der Waals surface area contributed by atoms with Crippen molar-refractivity contribution in [2.24, 2.45) is 5.41 Å². The van der Waals surface area contributed by atoms with Gasteiger partial charge < -0.3 is 5.11 Å². The van der Waals surface area contributed by atoms with Gasteiger partial charge in [-0.15, -0.1) is 0 Å². The minimum atomic E-state index is -0.361. The van der Waals surface area contributed by atoms with Crippen molar-refractivity contribution in [3.05, 3.63) is 35.4 Å². The fourth-order valence-electron chi connectivity index (χ4n) is 3.04. The first kappa shape index (κ1) is 14.5. The third-order valence-electron chi connectivity index (χ3n) is 4.83. The zero-order chi connectivity index (χ0) is 14.2. The molecule has 19 heavy (non-hydrogen) atoms. The number of hydrogen-bond donors (Lipinski definition) is 1. The van der Waals surface area contributed by atoms with Gasteiger partial charge in [-0.05, 0) is 43.4 Å². The van der Waals surface area contributed by atoms with E-state index in [9.17, 15) is 5.11 Å². The molecule has 1 aromatic carbocycles. The van der Waals surface area contributed by atoms with Gasteiger partial charge in [-0.1, -0.05) is 45.0 Å². The summed E-state index contributed by atoms with van der Waals surface area (Å²) >= 11 is 0. The van der Waals surface area contributed by atoms with Gasteiger partial charge in [-0.2, -0.15) is 0 Å². The molecule has 0 amide bonds. The van der Waals surface area contributed by atoms with Gasteiger partial charge in [0.2, 0.25) is 0 Å². The Morgan fingerprint density at radius 1 is 1.26 bits per heavy atom. The van der Waals surface area contributed by atoms with Crippen LogP contribution >= 0.6 is 0 Å². The van der Waals surface area contributed by atoms with E-state index in [4.69, 9.17) is 0 Å². The number of fused-ring (bicyclic) bond motifs is 1. The molecular formula is C17H27NO. The molecule has 3 unspecified atom stereocenters. The first-order valence-electron chi connectivity index (χ1n) is 7.30. The maximum atomic E-state index is 10.7. The van der Waals surface area contributed by atoms with Crippen LogP contribution in [0.2, 0.25) is 0 Å². The Kier molecular flexibility index (Phi) is 4.03. The Hall–Kier alpha value is -0.860. The van der Waals surface area contributed by atoms with Gasteiger partial charge in [0, 0.05) is 12.1 Å². The molecule has 0 radical (unpaired) electrons. The number of likely N-dealkylation sites (N-methyl/N-ethyl adjacent to an activating group) is 1. The van der Waals surface area contributed by atoms with Crippen molar-refractivity contribution in [1.82, 2.24) is 4.90 Å². The maximum absolute atomic E-state index is 10.7. The summed E-state index contributed by atoms with van der Waals surface area (Å²) in [5.41, 5.74) is 2.65. The first-order valence-corrected chi connectivity index (χ1v) is 7.30. The lowest BCUT2D eigenvalue weighted by Crippen LogP contribution is -2.49. The summed E-state index contributed by atoms with van der Waals surface area (Å²) in [5.74, 6) is 0. The molecule has 0 spiro atoms. The van der Waals surface area contributed by atoms with Crippen molar-refractivity contribution in [3.8, 4) is 0 Å². The molecule has 2 heteroatoms. The van der Waals surface area contributed by atoms with Crippen LogP contribution in [0.3, 0.4) is 0 Å². The molecule has 1 aliphatic rings. The number of aryl methyl sites for hydroxylation is 1. The summed E-state index contributed by atoms with van der Waals surface area (Å²) in [5, 5.41) is 10.7. The number of rotatable bonds is 2. The molecule has 2 rings (SSSR count). The molecule has 0 aliphatic heterocycles. The summed E-state index contributed by atoms with van der Waals surface area (Å²) in [6, 6.07) is 8.97. The lowest BCUT2D eigenvalue weighted by Gasteiger charge is -2.44. The molecule has 106 valence electrons. The van der Waals surface area contributed by atoms with Gasteiger partial charge in [-0.3, -0.25) is 4.90 Å². The largest absolute Gasteiger partial charge is 0.387 e. The highest BCUT2D eigenvalue weighted by Crippen LogP contribution is 2.35. The molecule has 0 heterocycles. The van der Waals surface area contributed by atoms with E-state index < -0.39 is 0 Å². The van der Waals surface area contributed by atoms with Crippen LogP contribution in [0.4, 0.5) is 0 Å². The molecule has 1 aromatic rings. The summed E-state index contributed by atoms with van der Waals surface area (Å²) in [4.78, 5) is 2.36. The quantitative estimate of drug-likeness (QED) is 0.882. The summed E-state index contributed by atoms with van der Waals surface area (Å²) in [6.07, 6.45) is 1.74. The van der Waals surface area contributed by atoms with Crippen LogP contribution in [-0.2, 0) is 6.42 Å². The van der Waals surface area contributed by atoms with Crippen molar-refractivity contribution in [2.45, 2.75) is 58.7 Å². The molecule has 2 nitrogen and oxygen atoms in total. The third-order valence-corrected chi connectivity index (χ3v) is 4.83. The van der Waals surface area contributed by atoms with Gasteiger partial charge in [0.15, 0.2) is 0 Å². The average Bonchev–Trinajstić information content (AvgIpc) is 2.37. The predicted octanol–water partition coefficient (Wildman–Crippen LogP) is 3.40. The molecule has 0 aromatic heterocycles.